The maximum atomic E-state index is 2.42. The van der Waals surface area contributed by atoms with Gasteiger partial charge >= 0.3 is 0 Å². The second-order valence-electron chi connectivity index (χ2n) is 4.39. The Hall–Kier alpha value is -1.34. The van der Waals surface area contributed by atoms with Crippen LogP contribution in [-0.4, -0.2) is 10.2 Å². The van der Waals surface area contributed by atoms with Crippen LogP contribution in [0, 0.1) is 0 Å². The highest BCUT2D eigenvalue weighted by atomic mass is 28.1. The van der Waals surface area contributed by atoms with E-state index in [-0.39, 0.29) is 0 Å². The van der Waals surface area contributed by atoms with Gasteiger partial charge in [-0.1, -0.05) is 42.5 Å². The first-order valence-corrected chi connectivity index (χ1v) is 6.63. The van der Waals surface area contributed by atoms with Crippen molar-refractivity contribution in [1.29, 1.82) is 0 Å². The van der Waals surface area contributed by atoms with Crippen LogP contribution in [0.25, 0.3) is 16.3 Å². The molecule has 0 nitrogen and oxygen atoms in total. The van der Waals surface area contributed by atoms with Crippen molar-refractivity contribution in [2.75, 3.05) is 0 Å². The van der Waals surface area contributed by atoms with Gasteiger partial charge in [0.1, 0.15) is 0 Å². The van der Waals surface area contributed by atoms with E-state index in [1.807, 2.05) is 0 Å². The first kappa shape index (κ1) is 8.92. The lowest BCUT2D eigenvalue weighted by molar-refractivity contribution is 1.26. The lowest BCUT2D eigenvalue weighted by Gasteiger charge is -2.09. The largest absolute Gasteiger partial charge is 0.0772 e. The van der Waals surface area contributed by atoms with Gasteiger partial charge in [-0.3, -0.25) is 0 Å². The molecular weight excluding hydrogens is 196 g/mol. The fourth-order valence-corrected chi connectivity index (χ4v) is 3.64. The quantitative estimate of drug-likeness (QED) is 0.586. The van der Waals surface area contributed by atoms with Crippen LogP contribution < -0.4 is 0 Å². The van der Waals surface area contributed by atoms with E-state index >= 15 is 0 Å². The maximum absolute atomic E-state index is 2.42. The van der Waals surface area contributed by atoms with E-state index in [1.54, 1.807) is 0 Å². The molecule has 2 aromatic rings. The van der Waals surface area contributed by atoms with Gasteiger partial charge in [-0.05, 0) is 39.9 Å². The van der Waals surface area contributed by atoms with Gasteiger partial charge in [0.05, 0.1) is 0 Å². The molecule has 1 atom stereocenters. The Morgan fingerprint density at radius 3 is 2.73 bits per heavy atom. The van der Waals surface area contributed by atoms with E-state index in [4.69, 9.17) is 0 Å². The molecule has 0 amide bonds. The third-order valence-corrected chi connectivity index (χ3v) is 4.30. The number of hydrogen-bond donors (Lipinski definition) is 0. The van der Waals surface area contributed by atoms with Crippen molar-refractivity contribution in [2.24, 2.45) is 0 Å². The van der Waals surface area contributed by atoms with E-state index < -0.39 is 0 Å². The molecule has 0 saturated carbocycles. The Kier molecular flexibility index (Phi) is 1.83. The van der Waals surface area contributed by atoms with Crippen LogP contribution in [0.2, 0.25) is 0 Å². The number of hydrogen-bond acceptors (Lipinski definition) is 0. The summed E-state index contributed by atoms with van der Waals surface area (Å²) in [5.74, 6) is 0. The molecule has 0 saturated heterocycles. The molecule has 1 aliphatic rings. The third-order valence-electron chi connectivity index (χ3n) is 3.35. The van der Waals surface area contributed by atoms with E-state index in [1.165, 1.54) is 37.7 Å². The van der Waals surface area contributed by atoms with Crippen molar-refractivity contribution in [1.82, 2.24) is 0 Å². The Labute approximate surface area is 93.0 Å². The zero-order valence-electron chi connectivity index (χ0n) is 9.12. The van der Waals surface area contributed by atoms with Gasteiger partial charge in [0.25, 0.3) is 0 Å². The van der Waals surface area contributed by atoms with Crippen molar-refractivity contribution >= 4 is 26.6 Å². The van der Waals surface area contributed by atoms with Gasteiger partial charge in [0.15, 0.2) is 0 Å². The summed E-state index contributed by atoms with van der Waals surface area (Å²) in [7, 11) is 1.22. The summed E-state index contributed by atoms with van der Waals surface area (Å²) in [6.07, 6.45) is 2.42. The molecule has 3 rings (SSSR count). The van der Waals surface area contributed by atoms with Crippen LogP contribution >= 0.6 is 0 Å². The molecule has 0 aromatic heterocycles. The summed E-state index contributed by atoms with van der Waals surface area (Å²) in [6.45, 7) is 2.24. The summed E-state index contributed by atoms with van der Waals surface area (Å²) >= 11 is 0. The monoisotopic (exact) mass is 210 g/mol. The highest BCUT2D eigenvalue weighted by molar-refractivity contribution is 6.17. The molecule has 1 heteroatoms. The zero-order valence-corrected chi connectivity index (χ0v) is 11.1. The maximum Gasteiger partial charge on any atom is 0.0171 e. The van der Waals surface area contributed by atoms with Crippen LogP contribution in [0.1, 0.15) is 23.6 Å². The van der Waals surface area contributed by atoms with Crippen LogP contribution in [0.4, 0.5) is 0 Å². The van der Waals surface area contributed by atoms with Gasteiger partial charge in [0, 0.05) is 10.2 Å². The molecule has 1 unspecified atom stereocenters. The highest BCUT2D eigenvalue weighted by Gasteiger charge is 2.18. The summed E-state index contributed by atoms with van der Waals surface area (Å²) in [4.78, 5) is 0. The summed E-state index contributed by atoms with van der Waals surface area (Å²) in [6, 6.07) is 13.2. The second kappa shape index (κ2) is 3.07. The van der Waals surface area contributed by atoms with Crippen molar-refractivity contribution in [2.45, 2.75) is 12.5 Å². The number of benzene rings is 2. The van der Waals surface area contributed by atoms with Gasteiger partial charge in [-0.15, -0.1) is 0 Å². The predicted octanol–water partition coefficient (Wildman–Crippen LogP) is 2.66. The van der Waals surface area contributed by atoms with Gasteiger partial charge in [0.2, 0.25) is 0 Å². The molecule has 0 fully saturated rings. The molecule has 0 bridgehead atoms. The molecule has 0 N–H and O–H groups in total. The van der Waals surface area contributed by atoms with Crippen LogP contribution in [0.3, 0.4) is 0 Å². The normalized spacial score (nSPS) is 19.3. The summed E-state index contributed by atoms with van der Waals surface area (Å²) < 4.78 is 0. The number of fused-ring (bicyclic) bond motifs is 3. The van der Waals surface area contributed by atoms with E-state index in [0.29, 0.717) is 5.54 Å². The Morgan fingerprint density at radius 1 is 1.07 bits per heavy atom. The van der Waals surface area contributed by atoms with Crippen molar-refractivity contribution in [3.05, 3.63) is 53.6 Å². The lowest BCUT2D eigenvalue weighted by Crippen LogP contribution is -1.92. The minimum absolute atomic E-state index is 0.713. The topological polar surface area (TPSA) is 0 Å². The average molecular weight is 210 g/mol. The SMILES string of the molecule is CC1=CC([SiH3])c2ccc3ccccc3c21. The molecule has 2 aromatic carbocycles. The minimum Gasteiger partial charge on any atom is -0.0772 e. The van der Waals surface area contributed by atoms with Crippen LogP contribution in [0.5, 0.6) is 0 Å². The van der Waals surface area contributed by atoms with Crippen LogP contribution in [0.15, 0.2) is 42.5 Å². The third kappa shape index (κ3) is 1.20. The minimum atomic E-state index is 0.713. The Morgan fingerprint density at radius 2 is 1.87 bits per heavy atom. The van der Waals surface area contributed by atoms with E-state index in [0.717, 1.165) is 0 Å². The van der Waals surface area contributed by atoms with Gasteiger partial charge in [-0.25, -0.2) is 0 Å². The van der Waals surface area contributed by atoms with E-state index in [2.05, 4.69) is 49.4 Å². The number of rotatable bonds is 0. The zero-order chi connectivity index (χ0) is 10.4. The van der Waals surface area contributed by atoms with Crippen molar-refractivity contribution < 1.29 is 0 Å². The molecule has 0 heterocycles. The molecule has 0 radical (unpaired) electrons. The van der Waals surface area contributed by atoms with Gasteiger partial charge in [-0.2, -0.15) is 0 Å². The standard InChI is InChI=1S/C14H14Si/c1-9-8-13(15)12-7-6-10-4-2-3-5-11(10)14(9)12/h2-8,13H,1,15H3. The van der Waals surface area contributed by atoms with Crippen molar-refractivity contribution in [3.63, 3.8) is 0 Å². The average Bonchev–Trinajstić information content (AvgIpc) is 2.55. The first-order chi connectivity index (χ1) is 7.27. The highest BCUT2D eigenvalue weighted by Crippen LogP contribution is 2.38. The predicted molar refractivity (Wildman–Crippen MR) is 70.3 cm³/mol. The molecule has 1 aliphatic carbocycles. The Balaban J connectivity index is 2.45. The fraction of sp³-hybridized carbons (Fsp3) is 0.143. The first-order valence-electron chi connectivity index (χ1n) is 5.48. The lowest BCUT2D eigenvalue weighted by atomic mass is 9.98. The molecule has 0 spiro atoms. The van der Waals surface area contributed by atoms with Gasteiger partial charge < -0.3 is 0 Å². The molecule has 74 valence electrons. The fourth-order valence-electron chi connectivity index (χ4n) is 2.66. The smallest absolute Gasteiger partial charge is 0.0171 e. The second-order valence-corrected chi connectivity index (χ2v) is 5.63. The van der Waals surface area contributed by atoms with Crippen LogP contribution in [-0.2, 0) is 0 Å². The molecular formula is C14H14Si. The molecule has 0 aliphatic heterocycles. The summed E-state index contributed by atoms with van der Waals surface area (Å²) in [5.41, 5.74) is 5.21. The molecule has 15 heavy (non-hydrogen) atoms. The van der Waals surface area contributed by atoms with Crippen molar-refractivity contribution in [3.8, 4) is 0 Å². The summed E-state index contributed by atoms with van der Waals surface area (Å²) in [5, 5.41) is 2.78. The van der Waals surface area contributed by atoms with E-state index in [9.17, 15) is 0 Å². The number of allylic oxidation sites excluding steroid dienone is 2. The Bertz CT molecular complexity index is 567.